The Morgan fingerprint density at radius 2 is 1.92 bits per heavy atom. The maximum atomic E-state index is 4.54. The molecular weight excluding hydrogens is 316 g/mol. The second-order valence-corrected chi connectivity index (χ2v) is 7.15. The predicted molar refractivity (Wildman–Crippen MR) is 96.8 cm³/mol. The van der Waals surface area contributed by atoms with Crippen molar-refractivity contribution in [3.05, 3.63) is 64.9 Å². The van der Waals surface area contributed by atoms with Crippen LogP contribution in [0.4, 0.5) is 0 Å². The molecule has 0 unspecified atom stereocenters. The van der Waals surface area contributed by atoms with Gasteiger partial charge in [0.25, 0.3) is 0 Å². The van der Waals surface area contributed by atoms with Crippen molar-refractivity contribution in [3.63, 3.8) is 0 Å². The van der Waals surface area contributed by atoms with Gasteiger partial charge < -0.3 is 0 Å². The molecule has 2 aromatic heterocycles. The first-order valence-electron chi connectivity index (χ1n) is 8.36. The highest BCUT2D eigenvalue weighted by atomic mass is 32.1. The van der Waals surface area contributed by atoms with Gasteiger partial charge in [0, 0.05) is 54.1 Å². The number of likely N-dealkylation sites (tertiary alicyclic amines) is 1. The molecule has 1 aromatic carbocycles. The summed E-state index contributed by atoms with van der Waals surface area (Å²) < 4.78 is 0. The van der Waals surface area contributed by atoms with Gasteiger partial charge in [-0.3, -0.25) is 4.90 Å². The van der Waals surface area contributed by atoms with Crippen molar-refractivity contribution in [2.45, 2.75) is 25.3 Å². The van der Waals surface area contributed by atoms with E-state index in [0.717, 1.165) is 31.0 Å². The number of piperidine rings is 1. The van der Waals surface area contributed by atoms with Crippen molar-refractivity contribution < 1.29 is 0 Å². The third-order valence-corrected chi connectivity index (χ3v) is 5.39. The van der Waals surface area contributed by atoms with Crippen LogP contribution in [0.5, 0.6) is 0 Å². The largest absolute Gasteiger partial charge is 0.298 e. The maximum Gasteiger partial charge on any atom is 0.159 e. The molecule has 1 fully saturated rings. The zero-order chi connectivity index (χ0) is 16.2. The third kappa shape index (κ3) is 3.52. The Morgan fingerprint density at radius 3 is 2.67 bits per heavy atom. The highest BCUT2D eigenvalue weighted by Gasteiger charge is 2.23. The van der Waals surface area contributed by atoms with Crippen LogP contribution in [-0.2, 0) is 6.54 Å². The van der Waals surface area contributed by atoms with Crippen molar-refractivity contribution >= 4 is 11.3 Å². The van der Waals surface area contributed by atoms with Crippen LogP contribution in [0.3, 0.4) is 0 Å². The van der Waals surface area contributed by atoms with E-state index >= 15 is 0 Å². The first-order chi connectivity index (χ1) is 11.9. The molecule has 0 radical (unpaired) electrons. The molecule has 0 spiro atoms. The third-order valence-electron chi connectivity index (χ3n) is 4.45. The van der Waals surface area contributed by atoms with Crippen molar-refractivity contribution in [3.8, 4) is 11.4 Å². The van der Waals surface area contributed by atoms with E-state index in [-0.39, 0.29) is 0 Å². The first-order valence-corrected chi connectivity index (χ1v) is 9.24. The summed E-state index contributed by atoms with van der Waals surface area (Å²) in [4.78, 5) is 16.1. The van der Waals surface area contributed by atoms with Crippen molar-refractivity contribution in [2.24, 2.45) is 0 Å². The van der Waals surface area contributed by atoms with Gasteiger partial charge >= 0.3 is 0 Å². The molecule has 4 rings (SSSR count). The maximum absolute atomic E-state index is 4.54. The van der Waals surface area contributed by atoms with Crippen molar-refractivity contribution in [2.75, 3.05) is 13.1 Å². The van der Waals surface area contributed by atoms with Crippen LogP contribution in [0.15, 0.2) is 54.3 Å². The Hall–Kier alpha value is -2.11. The number of thiazole rings is 1. The lowest BCUT2D eigenvalue weighted by atomic mass is 9.98. The summed E-state index contributed by atoms with van der Waals surface area (Å²) in [5.74, 6) is 1.36. The number of rotatable bonds is 4. The van der Waals surface area contributed by atoms with Gasteiger partial charge in [0.15, 0.2) is 5.82 Å². The Kier molecular flexibility index (Phi) is 4.62. The normalized spacial score (nSPS) is 18.6. The standard InChI is InChI=1S/C19H20N4S/c1-2-5-16(6-3-1)18-21-11-15(12-22-18)13-23-9-4-7-17(14-23)19-20-8-10-24-19/h1-3,5-6,8,10-12,17H,4,7,9,13-14H2/t17-/m1/s1. The van der Waals surface area contributed by atoms with Gasteiger partial charge in [-0.1, -0.05) is 30.3 Å². The number of hydrogen-bond donors (Lipinski definition) is 0. The number of benzene rings is 1. The van der Waals surface area contributed by atoms with Gasteiger partial charge in [0.2, 0.25) is 0 Å². The minimum Gasteiger partial charge on any atom is -0.298 e. The average Bonchev–Trinajstić information content (AvgIpc) is 3.18. The van der Waals surface area contributed by atoms with Gasteiger partial charge in [-0.2, -0.15) is 0 Å². The van der Waals surface area contributed by atoms with E-state index in [9.17, 15) is 0 Å². The fourth-order valence-electron chi connectivity index (χ4n) is 3.27. The minimum atomic E-state index is 0.572. The summed E-state index contributed by atoms with van der Waals surface area (Å²) in [7, 11) is 0. The van der Waals surface area contributed by atoms with Gasteiger partial charge in [0.05, 0.1) is 5.01 Å². The van der Waals surface area contributed by atoms with Gasteiger partial charge in [-0.25, -0.2) is 15.0 Å². The molecule has 1 aliphatic heterocycles. The highest BCUT2D eigenvalue weighted by molar-refractivity contribution is 7.09. The highest BCUT2D eigenvalue weighted by Crippen LogP contribution is 2.28. The van der Waals surface area contributed by atoms with Gasteiger partial charge in [-0.15, -0.1) is 11.3 Å². The van der Waals surface area contributed by atoms with E-state index in [4.69, 9.17) is 0 Å². The fourth-order valence-corrected chi connectivity index (χ4v) is 4.04. The van der Waals surface area contributed by atoms with E-state index in [1.54, 1.807) is 11.3 Å². The summed E-state index contributed by atoms with van der Waals surface area (Å²) in [6.07, 6.45) is 8.31. The molecule has 122 valence electrons. The topological polar surface area (TPSA) is 41.9 Å². The van der Waals surface area contributed by atoms with Crippen LogP contribution in [-0.4, -0.2) is 32.9 Å². The number of aromatic nitrogens is 3. The van der Waals surface area contributed by atoms with E-state index < -0.39 is 0 Å². The van der Waals surface area contributed by atoms with Crippen LogP contribution >= 0.6 is 11.3 Å². The van der Waals surface area contributed by atoms with Crippen LogP contribution in [0.2, 0.25) is 0 Å². The fraction of sp³-hybridized carbons (Fsp3) is 0.316. The molecule has 1 aliphatic rings. The SMILES string of the molecule is c1ccc(-c2ncc(CN3CCC[C@@H](c4nccs4)C3)cn2)cc1. The Morgan fingerprint density at radius 1 is 1.08 bits per heavy atom. The zero-order valence-corrected chi connectivity index (χ0v) is 14.3. The molecule has 5 heteroatoms. The van der Waals surface area contributed by atoms with Crippen LogP contribution in [0.1, 0.15) is 29.3 Å². The number of hydrogen-bond acceptors (Lipinski definition) is 5. The number of nitrogens with zero attached hydrogens (tertiary/aromatic N) is 4. The van der Waals surface area contributed by atoms with Crippen LogP contribution in [0.25, 0.3) is 11.4 Å². The van der Waals surface area contributed by atoms with E-state index in [0.29, 0.717) is 5.92 Å². The lowest BCUT2D eigenvalue weighted by Crippen LogP contribution is -2.33. The lowest BCUT2D eigenvalue weighted by Gasteiger charge is -2.31. The molecule has 1 atom stereocenters. The summed E-state index contributed by atoms with van der Waals surface area (Å²) >= 11 is 1.77. The molecule has 4 nitrogen and oxygen atoms in total. The monoisotopic (exact) mass is 336 g/mol. The Bertz CT molecular complexity index is 756. The molecule has 3 aromatic rings. The second-order valence-electron chi connectivity index (χ2n) is 6.23. The van der Waals surface area contributed by atoms with E-state index in [1.807, 2.05) is 48.9 Å². The predicted octanol–water partition coefficient (Wildman–Crippen LogP) is 3.98. The summed E-state index contributed by atoms with van der Waals surface area (Å²) in [5, 5.41) is 3.35. The lowest BCUT2D eigenvalue weighted by molar-refractivity contribution is 0.199. The molecule has 3 heterocycles. The summed E-state index contributed by atoms with van der Waals surface area (Å²) in [6.45, 7) is 3.13. The smallest absolute Gasteiger partial charge is 0.159 e. The molecule has 0 N–H and O–H groups in total. The molecule has 24 heavy (non-hydrogen) atoms. The Labute approximate surface area is 146 Å². The van der Waals surface area contributed by atoms with Crippen molar-refractivity contribution in [1.29, 1.82) is 0 Å². The van der Waals surface area contributed by atoms with E-state index in [1.165, 1.54) is 23.4 Å². The average molecular weight is 336 g/mol. The van der Waals surface area contributed by atoms with Gasteiger partial charge in [0.1, 0.15) is 0 Å². The molecule has 1 saturated heterocycles. The molecule has 0 bridgehead atoms. The molecule has 0 saturated carbocycles. The van der Waals surface area contributed by atoms with Crippen LogP contribution < -0.4 is 0 Å². The molecular formula is C19H20N4S. The molecule has 0 amide bonds. The Balaban J connectivity index is 1.42. The zero-order valence-electron chi connectivity index (χ0n) is 13.5. The van der Waals surface area contributed by atoms with Crippen LogP contribution in [0, 0.1) is 0 Å². The second kappa shape index (κ2) is 7.20. The first kappa shape index (κ1) is 15.4. The molecule has 0 aliphatic carbocycles. The minimum absolute atomic E-state index is 0.572. The summed E-state index contributed by atoms with van der Waals surface area (Å²) in [5.41, 5.74) is 2.24. The van der Waals surface area contributed by atoms with E-state index in [2.05, 4.69) is 25.2 Å². The summed E-state index contributed by atoms with van der Waals surface area (Å²) in [6, 6.07) is 10.1. The van der Waals surface area contributed by atoms with Crippen molar-refractivity contribution in [1.82, 2.24) is 19.9 Å². The van der Waals surface area contributed by atoms with Gasteiger partial charge in [-0.05, 0) is 19.4 Å². The quantitative estimate of drug-likeness (QED) is 0.723.